The van der Waals surface area contributed by atoms with Gasteiger partial charge in [-0.3, -0.25) is 0 Å². The van der Waals surface area contributed by atoms with E-state index in [2.05, 4.69) is 24.3 Å². The first-order chi connectivity index (χ1) is 8.29. The molecule has 2 nitrogen and oxygen atoms in total. The quantitative estimate of drug-likeness (QED) is 0.842. The van der Waals surface area contributed by atoms with Gasteiger partial charge in [0.05, 0.1) is 0 Å². The summed E-state index contributed by atoms with van der Waals surface area (Å²) >= 11 is 0. The van der Waals surface area contributed by atoms with Gasteiger partial charge in [-0.05, 0) is 43.4 Å². The lowest BCUT2D eigenvalue weighted by Gasteiger charge is -2.26. The number of hydrogen-bond acceptors (Lipinski definition) is 2. The van der Waals surface area contributed by atoms with Crippen LogP contribution in [0, 0.1) is 5.41 Å². The summed E-state index contributed by atoms with van der Waals surface area (Å²) in [6, 6.07) is 8.51. The molecule has 96 valence electrons. The maximum Gasteiger partial charge on any atom is 0.0493 e. The minimum absolute atomic E-state index is 0.0725. The van der Waals surface area contributed by atoms with E-state index in [9.17, 15) is 5.11 Å². The fraction of sp³-hybridized carbons (Fsp3) is 0.600. The summed E-state index contributed by atoms with van der Waals surface area (Å²) in [5, 5.41) is 9.57. The van der Waals surface area contributed by atoms with Crippen LogP contribution in [0.4, 0.5) is 0 Å². The molecule has 1 aliphatic rings. The number of aliphatic hydroxyl groups excluding tert-OH is 1. The van der Waals surface area contributed by atoms with E-state index in [4.69, 9.17) is 5.73 Å². The number of benzene rings is 1. The zero-order valence-electron chi connectivity index (χ0n) is 11.1. The van der Waals surface area contributed by atoms with Crippen molar-refractivity contribution < 1.29 is 5.11 Å². The van der Waals surface area contributed by atoms with Crippen molar-refractivity contribution in [2.45, 2.75) is 39.5 Å². The molecule has 0 aliphatic heterocycles. The summed E-state index contributed by atoms with van der Waals surface area (Å²) in [7, 11) is 0. The third-order valence-electron chi connectivity index (χ3n) is 3.50. The molecule has 3 N–H and O–H groups in total. The number of hydrogen-bond donors (Lipinski definition) is 2. The second-order valence-corrected chi connectivity index (χ2v) is 4.67. The molecule has 17 heavy (non-hydrogen) atoms. The van der Waals surface area contributed by atoms with E-state index in [0.29, 0.717) is 0 Å². The molecule has 1 aliphatic carbocycles. The highest BCUT2D eigenvalue weighted by Gasteiger charge is 2.35. The summed E-state index contributed by atoms with van der Waals surface area (Å²) in [6.07, 6.45) is 4.07. The molecule has 1 aromatic rings. The van der Waals surface area contributed by atoms with Crippen LogP contribution in [-0.4, -0.2) is 18.3 Å². The number of aliphatic hydroxyl groups is 1. The molecule has 0 amide bonds. The topological polar surface area (TPSA) is 46.2 Å². The van der Waals surface area contributed by atoms with Gasteiger partial charge in [0, 0.05) is 12.0 Å². The van der Waals surface area contributed by atoms with Gasteiger partial charge in [0.15, 0.2) is 0 Å². The predicted molar refractivity (Wildman–Crippen MR) is 73.0 cm³/mol. The number of fused-ring (bicyclic) bond motifs is 1. The summed E-state index contributed by atoms with van der Waals surface area (Å²) < 4.78 is 0. The first-order valence-electron chi connectivity index (χ1n) is 6.67. The molecular formula is C15H25NO. The van der Waals surface area contributed by atoms with E-state index in [-0.39, 0.29) is 12.0 Å². The molecule has 0 radical (unpaired) electrons. The largest absolute Gasteiger partial charge is 0.396 e. The molecule has 0 bridgehead atoms. The molecule has 0 spiro atoms. The van der Waals surface area contributed by atoms with Crippen LogP contribution >= 0.6 is 0 Å². The molecule has 0 aromatic heterocycles. The number of rotatable bonds is 4. The molecule has 0 heterocycles. The van der Waals surface area contributed by atoms with Crippen molar-refractivity contribution in [1.29, 1.82) is 0 Å². The average molecular weight is 235 g/mol. The lowest BCUT2D eigenvalue weighted by atomic mass is 9.81. The van der Waals surface area contributed by atoms with Crippen molar-refractivity contribution in [3.05, 3.63) is 35.4 Å². The molecule has 0 fully saturated rings. The van der Waals surface area contributed by atoms with Gasteiger partial charge in [-0.1, -0.05) is 38.1 Å². The van der Waals surface area contributed by atoms with Gasteiger partial charge in [-0.15, -0.1) is 0 Å². The lowest BCUT2D eigenvalue weighted by molar-refractivity contribution is 0.122. The molecule has 0 unspecified atom stereocenters. The Morgan fingerprint density at radius 3 is 2.12 bits per heavy atom. The summed E-state index contributed by atoms with van der Waals surface area (Å²) in [5.74, 6) is 0. The van der Waals surface area contributed by atoms with E-state index in [1.807, 2.05) is 13.8 Å². The first kappa shape index (κ1) is 14.2. The SMILES string of the molecule is CC.NCCCC1(CO)Cc2ccccc2C1. The van der Waals surface area contributed by atoms with Gasteiger partial charge in [0.1, 0.15) is 0 Å². The van der Waals surface area contributed by atoms with Crippen molar-refractivity contribution in [2.24, 2.45) is 11.1 Å². The van der Waals surface area contributed by atoms with Gasteiger partial charge in [-0.25, -0.2) is 0 Å². The Morgan fingerprint density at radius 2 is 1.71 bits per heavy atom. The monoisotopic (exact) mass is 235 g/mol. The summed E-state index contributed by atoms with van der Waals surface area (Å²) in [5.41, 5.74) is 8.43. The number of nitrogens with two attached hydrogens (primary N) is 1. The molecule has 0 saturated heterocycles. The highest BCUT2D eigenvalue weighted by Crippen LogP contribution is 2.39. The van der Waals surface area contributed by atoms with Crippen LogP contribution in [0.2, 0.25) is 0 Å². The Labute approximate surface area is 105 Å². The second kappa shape index (κ2) is 6.77. The molecule has 2 heteroatoms. The highest BCUT2D eigenvalue weighted by atomic mass is 16.3. The first-order valence-corrected chi connectivity index (χ1v) is 6.67. The predicted octanol–water partition coefficient (Wildman–Crippen LogP) is 2.53. The fourth-order valence-electron chi connectivity index (χ4n) is 2.62. The van der Waals surface area contributed by atoms with Gasteiger partial charge in [-0.2, -0.15) is 0 Å². The van der Waals surface area contributed by atoms with Crippen molar-refractivity contribution in [1.82, 2.24) is 0 Å². The van der Waals surface area contributed by atoms with Gasteiger partial charge >= 0.3 is 0 Å². The van der Waals surface area contributed by atoms with E-state index in [1.165, 1.54) is 11.1 Å². The van der Waals surface area contributed by atoms with Crippen molar-refractivity contribution in [3.8, 4) is 0 Å². The third-order valence-corrected chi connectivity index (χ3v) is 3.50. The Balaban J connectivity index is 0.000000686. The van der Waals surface area contributed by atoms with E-state index < -0.39 is 0 Å². The zero-order chi connectivity index (χ0) is 12.7. The summed E-state index contributed by atoms with van der Waals surface area (Å²) in [6.45, 7) is 5.00. The Hall–Kier alpha value is -0.860. The minimum atomic E-state index is 0.0725. The van der Waals surface area contributed by atoms with Crippen LogP contribution < -0.4 is 5.73 Å². The molecular weight excluding hydrogens is 210 g/mol. The Kier molecular flexibility index (Phi) is 5.66. The Bertz CT molecular complexity index is 310. The van der Waals surface area contributed by atoms with Gasteiger partial charge < -0.3 is 10.8 Å². The van der Waals surface area contributed by atoms with Gasteiger partial charge in [0.2, 0.25) is 0 Å². The molecule has 0 atom stereocenters. The van der Waals surface area contributed by atoms with Crippen LogP contribution in [0.3, 0.4) is 0 Å². The van der Waals surface area contributed by atoms with Crippen LogP contribution in [0.25, 0.3) is 0 Å². The smallest absolute Gasteiger partial charge is 0.0493 e. The highest BCUT2D eigenvalue weighted by molar-refractivity contribution is 5.34. The lowest BCUT2D eigenvalue weighted by Crippen LogP contribution is -2.27. The average Bonchev–Trinajstić information content (AvgIpc) is 2.78. The van der Waals surface area contributed by atoms with E-state index in [1.54, 1.807) is 0 Å². The third kappa shape index (κ3) is 3.30. The van der Waals surface area contributed by atoms with Gasteiger partial charge in [0.25, 0.3) is 0 Å². The van der Waals surface area contributed by atoms with Crippen LogP contribution in [-0.2, 0) is 12.8 Å². The van der Waals surface area contributed by atoms with Crippen molar-refractivity contribution in [2.75, 3.05) is 13.2 Å². The molecule has 1 aromatic carbocycles. The maximum absolute atomic E-state index is 9.57. The Morgan fingerprint density at radius 1 is 1.18 bits per heavy atom. The fourth-order valence-corrected chi connectivity index (χ4v) is 2.62. The summed E-state index contributed by atoms with van der Waals surface area (Å²) in [4.78, 5) is 0. The molecule has 2 rings (SSSR count). The normalized spacial score (nSPS) is 16.0. The van der Waals surface area contributed by atoms with Crippen LogP contribution in [0.15, 0.2) is 24.3 Å². The van der Waals surface area contributed by atoms with E-state index in [0.717, 1.165) is 32.2 Å². The van der Waals surface area contributed by atoms with Crippen molar-refractivity contribution >= 4 is 0 Å². The van der Waals surface area contributed by atoms with Crippen LogP contribution in [0.1, 0.15) is 37.8 Å². The minimum Gasteiger partial charge on any atom is -0.396 e. The van der Waals surface area contributed by atoms with Crippen molar-refractivity contribution in [3.63, 3.8) is 0 Å². The zero-order valence-corrected chi connectivity index (χ0v) is 11.1. The van der Waals surface area contributed by atoms with E-state index >= 15 is 0 Å². The standard InChI is InChI=1S/C13H19NO.C2H6/c14-7-3-6-13(10-15)8-11-4-1-2-5-12(11)9-13;1-2/h1-2,4-5,15H,3,6-10,14H2;1-2H3. The molecule has 0 saturated carbocycles. The maximum atomic E-state index is 9.57. The van der Waals surface area contributed by atoms with Crippen LogP contribution in [0.5, 0.6) is 0 Å². The second-order valence-electron chi connectivity index (χ2n) is 4.67.